The van der Waals surface area contributed by atoms with Crippen molar-refractivity contribution in [2.75, 3.05) is 38.3 Å². The summed E-state index contributed by atoms with van der Waals surface area (Å²) in [5.41, 5.74) is 2.78. The van der Waals surface area contributed by atoms with Crippen LogP contribution in [0, 0.1) is 5.92 Å². The monoisotopic (exact) mass is 262 g/mol. The van der Waals surface area contributed by atoms with Gasteiger partial charge in [0, 0.05) is 38.5 Å². The van der Waals surface area contributed by atoms with E-state index in [-0.39, 0.29) is 0 Å². The van der Waals surface area contributed by atoms with Crippen LogP contribution >= 0.6 is 0 Å². The van der Waals surface area contributed by atoms with Gasteiger partial charge in [-0.25, -0.2) is 0 Å². The molecule has 0 aromatic heterocycles. The highest BCUT2D eigenvalue weighted by Crippen LogP contribution is 2.23. The molecule has 1 aliphatic rings. The quantitative estimate of drug-likeness (QED) is 0.881. The Labute approximate surface area is 116 Å². The average molecular weight is 262 g/mol. The fourth-order valence-corrected chi connectivity index (χ4v) is 2.69. The third-order valence-electron chi connectivity index (χ3n) is 3.92. The zero-order valence-corrected chi connectivity index (χ0v) is 12.4. The van der Waals surface area contributed by atoms with Crippen molar-refractivity contribution in [2.45, 2.75) is 26.3 Å². The van der Waals surface area contributed by atoms with Crippen molar-refractivity contribution < 1.29 is 4.74 Å². The molecule has 3 nitrogen and oxygen atoms in total. The van der Waals surface area contributed by atoms with E-state index in [4.69, 9.17) is 4.74 Å². The Morgan fingerprint density at radius 1 is 1.37 bits per heavy atom. The lowest BCUT2D eigenvalue weighted by Gasteiger charge is -2.38. The normalized spacial score (nSPS) is 20.0. The van der Waals surface area contributed by atoms with Crippen molar-refractivity contribution in [3.63, 3.8) is 0 Å². The Kier molecular flexibility index (Phi) is 5.23. The van der Waals surface area contributed by atoms with E-state index in [1.807, 2.05) is 0 Å². The largest absolute Gasteiger partial charge is 0.384 e. The molecule has 19 heavy (non-hydrogen) atoms. The van der Waals surface area contributed by atoms with Crippen molar-refractivity contribution in [1.82, 2.24) is 5.32 Å². The van der Waals surface area contributed by atoms with Gasteiger partial charge in [-0.05, 0) is 24.0 Å². The minimum Gasteiger partial charge on any atom is -0.384 e. The molecule has 3 heteroatoms. The number of para-hydroxylation sites is 1. The molecule has 1 atom stereocenters. The first kappa shape index (κ1) is 14.4. The summed E-state index contributed by atoms with van der Waals surface area (Å²) < 4.78 is 5.22. The maximum atomic E-state index is 5.22. The van der Waals surface area contributed by atoms with Crippen LogP contribution in [0.5, 0.6) is 0 Å². The average Bonchev–Trinajstić information content (AvgIpc) is 2.45. The number of ether oxygens (including phenoxy) is 1. The molecule has 1 heterocycles. The lowest BCUT2D eigenvalue weighted by atomic mass is 10.0. The fraction of sp³-hybridized carbons (Fsp3) is 0.625. The number of anilines is 1. The number of methoxy groups -OCH3 is 1. The van der Waals surface area contributed by atoms with E-state index in [1.165, 1.54) is 11.3 Å². The van der Waals surface area contributed by atoms with Gasteiger partial charge in [0.2, 0.25) is 0 Å². The van der Waals surface area contributed by atoms with E-state index in [0.29, 0.717) is 12.0 Å². The Hall–Kier alpha value is -1.06. The van der Waals surface area contributed by atoms with Crippen molar-refractivity contribution in [2.24, 2.45) is 5.92 Å². The molecule has 1 N–H and O–H groups in total. The fourth-order valence-electron chi connectivity index (χ4n) is 2.69. The Morgan fingerprint density at radius 3 is 2.89 bits per heavy atom. The van der Waals surface area contributed by atoms with E-state index in [0.717, 1.165) is 32.7 Å². The molecule has 1 aliphatic heterocycles. The second-order valence-electron chi connectivity index (χ2n) is 5.62. The third kappa shape index (κ3) is 3.71. The number of nitrogens with one attached hydrogen (secondary N) is 1. The molecular weight excluding hydrogens is 236 g/mol. The van der Waals surface area contributed by atoms with Crippen LogP contribution in [0.1, 0.15) is 19.4 Å². The summed E-state index contributed by atoms with van der Waals surface area (Å²) in [7, 11) is 1.77. The van der Waals surface area contributed by atoms with Crippen LogP contribution in [0.4, 0.5) is 5.69 Å². The van der Waals surface area contributed by atoms with E-state index >= 15 is 0 Å². The summed E-state index contributed by atoms with van der Waals surface area (Å²) in [4.78, 5) is 2.52. The van der Waals surface area contributed by atoms with Gasteiger partial charge in [-0.1, -0.05) is 32.0 Å². The van der Waals surface area contributed by atoms with Crippen LogP contribution < -0.4 is 10.2 Å². The smallest absolute Gasteiger partial charge is 0.0503 e. The van der Waals surface area contributed by atoms with Crippen molar-refractivity contribution in [3.8, 4) is 0 Å². The van der Waals surface area contributed by atoms with Crippen molar-refractivity contribution in [1.29, 1.82) is 0 Å². The first-order valence-corrected chi connectivity index (χ1v) is 7.27. The van der Waals surface area contributed by atoms with Crippen LogP contribution in [0.15, 0.2) is 24.3 Å². The van der Waals surface area contributed by atoms with Crippen molar-refractivity contribution in [3.05, 3.63) is 29.8 Å². The van der Waals surface area contributed by atoms with Gasteiger partial charge in [-0.3, -0.25) is 0 Å². The van der Waals surface area contributed by atoms with Gasteiger partial charge in [0.15, 0.2) is 0 Å². The number of benzene rings is 1. The van der Waals surface area contributed by atoms with E-state index in [9.17, 15) is 0 Å². The molecular formula is C16H26N2O. The Morgan fingerprint density at radius 2 is 2.16 bits per heavy atom. The molecule has 0 amide bonds. The van der Waals surface area contributed by atoms with E-state index < -0.39 is 0 Å². The Balaban J connectivity index is 2.11. The summed E-state index contributed by atoms with van der Waals surface area (Å²) in [5, 5.41) is 3.61. The number of nitrogens with zero attached hydrogens (tertiary/aromatic N) is 1. The molecule has 1 saturated heterocycles. The molecule has 2 rings (SSSR count). The highest BCUT2D eigenvalue weighted by Gasteiger charge is 2.22. The van der Waals surface area contributed by atoms with Crippen LogP contribution in [0.2, 0.25) is 0 Å². The first-order valence-electron chi connectivity index (χ1n) is 7.27. The number of rotatable bonds is 5. The lowest BCUT2D eigenvalue weighted by molar-refractivity contribution is 0.202. The molecule has 1 aromatic rings. The summed E-state index contributed by atoms with van der Waals surface area (Å²) in [6, 6.07) is 9.31. The maximum Gasteiger partial charge on any atom is 0.0503 e. The lowest BCUT2D eigenvalue weighted by Crippen LogP contribution is -2.53. The molecule has 0 spiro atoms. The summed E-state index contributed by atoms with van der Waals surface area (Å²) in [6.45, 7) is 8.63. The van der Waals surface area contributed by atoms with Gasteiger partial charge in [0.25, 0.3) is 0 Å². The summed E-state index contributed by atoms with van der Waals surface area (Å²) in [6.07, 6.45) is 0.989. The highest BCUT2D eigenvalue weighted by atomic mass is 16.5. The van der Waals surface area contributed by atoms with E-state index in [1.54, 1.807) is 7.11 Å². The minimum absolute atomic E-state index is 0.587. The topological polar surface area (TPSA) is 24.5 Å². The maximum absolute atomic E-state index is 5.22. The van der Waals surface area contributed by atoms with Gasteiger partial charge in [-0.2, -0.15) is 0 Å². The van der Waals surface area contributed by atoms with Crippen LogP contribution in [-0.4, -0.2) is 39.4 Å². The zero-order valence-electron chi connectivity index (χ0n) is 12.4. The molecule has 0 saturated carbocycles. The van der Waals surface area contributed by atoms with Crippen LogP contribution in [0.25, 0.3) is 0 Å². The van der Waals surface area contributed by atoms with Gasteiger partial charge in [0.1, 0.15) is 0 Å². The van der Waals surface area contributed by atoms with Crippen LogP contribution in [0.3, 0.4) is 0 Å². The molecule has 106 valence electrons. The first-order chi connectivity index (χ1) is 9.22. The van der Waals surface area contributed by atoms with Gasteiger partial charge < -0.3 is 15.0 Å². The molecule has 1 aromatic carbocycles. The zero-order chi connectivity index (χ0) is 13.7. The molecule has 0 radical (unpaired) electrons. The van der Waals surface area contributed by atoms with E-state index in [2.05, 4.69) is 48.3 Å². The predicted molar refractivity (Wildman–Crippen MR) is 80.9 cm³/mol. The molecule has 1 unspecified atom stereocenters. The number of hydrogen-bond acceptors (Lipinski definition) is 3. The third-order valence-corrected chi connectivity index (χ3v) is 3.92. The minimum atomic E-state index is 0.587. The van der Waals surface area contributed by atoms with Crippen molar-refractivity contribution >= 4 is 5.69 Å². The van der Waals surface area contributed by atoms with Gasteiger partial charge in [0.05, 0.1) is 6.61 Å². The second kappa shape index (κ2) is 6.92. The Bertz CT molecular complexity index is 392. The van der Waals surface area contributed by atoms with Gasteiger partial charge in [-0.15, -0.1) is 0 Å². The number of hydrogen-bond donors (Lipinski definition) is 1. The second-order valence-corrected chi connectivity index (χ2v) is 5.62. The highest BCUT2D eigenvalue weighted by molar-refractivity contribution is 5.54. The summed E-state index contributed by atoms with van der Waals surface area (Å²) >= 11 is 0. The molecule has 0 bridgehead atoms. The SMILES string of the molecule is COCCc1ccccc1N1CCNC(C(C)C)C1. The predicted octanol–water partition coefficient (Wildman–Crippen LogP) is 2.31. The number of piperazine rings is 1. The molecule has 1 fully saturated rings. The van der Waals surface area contributed by atoms with Gasteiger partial charge >= 0.3 is 0 Å². The molecule has 0 aliphatic carbocycles. The van der Waals surface area contributed by atoms with Crippen LogP contribution in [-0.2, 0) is 11.2 Å². The standard InChI is InChI=1S/C16H26N2O/c1-13(2)15-12-18(10-9-17-15)16-7-5-4-6-14(16)8-11-19-3/h4-7,13,15,17H,8-12H2,1-3H3. The summed E-state index contributed by atoms with van der Waals surface area (Å²) in [5.74, 6) is 0.675.